The Morgan fingerprint density at radius 2 is 1.62 bits per heavy atom. The Kier molecular flexibility index (Phi) is 7.86. The molecule has 6 rings (SSSR count). The van der Waals surface area contributed by atoms with Gasteiger partial charge < -0.3 is 24.7 Å². The first-order chi connectivity index (χ1) is 20.0. The lowest BCUT2D eigenvalue weighted by molar-refractivity contribution is -0.119. The highest BCUT2D eigenvalue weighted by molar-refractivity contribution is 6.66. The molecule has 2 heterocycles. The third-order valence-electron chi connectivity index (χ3n) is 9.33. The summed E-state index contributed by atoms with van der Waals surface area (Å²) in [7, 11) is 1.14. The molecule has 0 saturated carbocycles. The average molecular weight is 607 g/mol. The lowest BCUT2D eigenvalue weighted by Crippen LogP contribution is -2.41. The van der Waals surface area contributed by atoms with E-state index in [1.54, 1.807) is 7.11 Å². The van der Waals surface area contributed by atoms with Crippen LogP contribution in [0.4, 0.5) is 0 Å². The molecule has 1 aliphatic carbocycles. The molecule has 0 unspecified atom stereocenters. The van der Waals surface area contributed by atoms with Gasteiger partial charge in [-0.2, -0.15) is 0 Å². The Balaban J connectivity index is 1.31. The van der Waals surface area contributed by atoms with E-state index >= 15 is 0 Å². The molecule has 42 heavy (non-hydrogen) atoms. The Bertz CT molecular complexity index is 1530. The van der Waals surface area contributed by atoms with Crippen molar-refractivity contribution in [3.8, 4) is 28.0 Å². The number of methoxy groups -OCH3 is 1. The molecule has 0 radical (unpaired) electrons. The van der Waals surface area contributed by atoms with Crippen molar-refractivity contribution >= 4 is 41.7 Å². The van der Waals surface area contributed by atoms with Gasteiger partial charge >= 0.3 is 7.12 Å². The minimum Gasteiger partial charge on any atom is -0.496 e. The first kappa shape index (κ1) is 29.5. The monoisotopic (exact) mass is 606 g/mol. The van der Waals surface area contributed by atoms with Crippen molar-refractivity contribution in [1.82, 2.24) is 10.6 Å². The van der Waals surface area contributed by atoms with E-state index in [1.165, 1.54) is 11.1 Å². The van der Waals surface area contributed by atoms with Crippen LogP contribution in [0.5, 0.6) is 5.75 Å². The molecule has 2 atom stereocenters. The maximum Gasteiger partial charge on any atom is 0.496 e. The van der Waals surface area contributed by atoms with E-state index in [-0.39, 0.29) is 18.0 Å². The fourth-order valence-corrected chi connectivity index (χ4v) is 6.90. The van der Waals surface area contributed by atoms with Crippen LogP contribution in [0.15, 0.2) is 48.5 Å². The van der Waals surface area contributed by atoms with Gasteiger partial charge in [-0.15, -0.1) is 0 Å². The van der Waals surface area contributed by atoms with Crippen LogP contribution in [0.1, 0.15) is 64.1 Å². The molecule has 9 heteroatoms. The summed E-state index contributed by atoms with van der Waals surface area (Å²) < 4.78 is 18.5. The summed E-state index contributed by atoms with van der Waals surface area (Å²) in [5.41, 5.74) is 5.86. The van der Waals surface area contributed by atoms with Crippen LogP contribution in [0.2, 0.25) is 10.0 Å². The number of fused-ring (bicyclic) bond motifs is 1. The smallest absolute Gasteiger partial charge is 0.496 e. The molecule has 3 aliphatic rings. The number of carbonyl (C=O) groups is 1. The van der Waals surface area contributed by atoms with Crippen molar-refractivity contribution in [3.05, 3.63) is 69.7 Å². The largest absolute Gasteiger partial charge is 0.496 e. The second-order valence-corrected chi connectivity index (χ2v) is 13.3. The molecule has 2 N–H and O–H groups in total. The van der Waals surface area contributed by atoms with E-state index in [1.807, 2.05) is 64.1 Å². The first-order valence-corrected chi connectivity index (χ1v) is 15.4. The molecule has 0 aromatic heterocycles. The van der Waals surface area contributed by atoms with Crippen LogP contribution in [-0.4, -0.2) is 43.9 Å². The molecule has 2 saturated heterocycles. The minimum atomic E-state index is -0.572. The molecule has 2 aliphatic heterocycles. The Labute approximate surface area is 258 Å². The Morgan fingerprint density at radius 3 is 2.29 bits per heavy atom. The fraction of sp³-hybridized carbons (Fsp3) is 0.424. The van der Waals surface area contributed by atoms with Gasteiger partial charge in [-0.1, -0.05) is 65.7 Å². The van der Waals surface area contributed by atoms with Gasteiger partial charge in [-0.3, -0.25) is 4.79 Å². The van der Waals surface area contributed by atoms with Crippen LogP contribution in [0.25, 0.3) is 22.3 Å². The lowest BCUT2D eigenvalue weighted by Gasteiger charge is -2.32. The standard InChI is InChI=1S/C33H37BCl2N2O4/c1-32(2)33(3,4)42-34(41-32)25-11-7-10-24(31(25)36)23-9-6-8-22(30(23)35)20-16-19-12-14-26(29(19)27(17-20)40-5)37-18-21-13-15-28(39)38-21/h6-11,16-17,21,26,37H,12-15,18H2,1-5H3,(H,38,39)/t21-,26-/m0/s1. The van der Waals surface area contributed by atoms with E-state index in [0.717, 1.165) is 59.3 Å². The summed E-state index contributed by atoms with van der Waals surface area (Å²) in [6, 6.07) is 16.6. The highest BCUT2D eigenvalue weighted by Crippen LogP contribution is 2.45. The molecule has 3 aromatic carbocycles. The van der Waals surface area contributed by atoms with E-state index in [4.69, 9.17) is 37.2 Å². The number of carbonyl (C=O) groups excluding carboxylic acids is 1. The quantitative estimate of drug-likeness (QED) is 0.301. The van der Waals surface area contributed by atoms with Gasteiger partial charge in [-0.05, 0) is 64.2 Å². The summed E-state index contributed by atoms with van der Waals surface area (Å²) in [5, 5.41) is 7.90. The molecule has 0 spiro atoms. The number of benzene rings is 3. The average Bonchev–Trinajstić information content (AvgIpc) is 3.62. The molecular weight excluding hydrogens is 570 g/mol. The SMILES string of the molecule is COc1cc(-c2cccc(-c3cccc(B4OC(C)(C)C(C)(C)O4)c3Cl)c2Cl)cc2c1[C@@H](NC[C@@H]1CCC(=O)N1)CC2. The second kappa shape index (κ2) is 11.2. The van der Waals surface area contributed by atoms with Crippen molar-refractivity contribution in [2.45, 2.75) is 76.7 Å². The molecular formula is C33H37BCl2N2O4. The highest BCUT2D eigenvalue weighted by atomic mass is 35.5. The number of halogens is 2. The van der Waals surface area contributed by atoms with E-state index in [9.17, 15) is 4.79 Å². The van der Waals surface area contributed by atoms with E-state index < -0.39 is 18.3 Å². The lowest BCUT2D eigenvalue weighted by atomic mass is 9.77. The van der Waals surface area contributed by atoms with Crippen molar-refractivity contribution < 1.29 is 18.8 Å². The third kappa shape index (κ3) is 5.24. The topological polar surface area (TPSA) is 68.8 Å². The van der Waals surface area contributed by atoms with Crippen LogP contribution in [0, 0.1) is 0 Å². The number of hydrogen-bond donors (Lipinski definition) is 2. The summed E-state index contributed by atoms with van der Waals surface area (Å²) in [6.45, 7) is 8.87. The molecule has 6 nitrogen and oxygen atoms in total. The van der Waals surface area contributed by atoms with Gasteiger partial charge in [0, 0.05) is 57.8 Å². The summed E-state index contributed by atoms with van der Waals surface area (Å²) in [5.74, 6) is 0.978. The van der Waals surface area contributed by atoms with Crippen molar-refractivity contribution in [3.63, 3.8) is 0 Å². The zero-order chi connectivity index (χ0) is 29.8. The van der Waals surface area contributed by atoms with Crippen molar-refractivity contribution in [1.29, 1.82) is 0 Å². The van der Waals surface area contributed by atoms with Crippen LogP contribution in [0.3, 0.4) is 0 Å². The van der Waals surface area contributed by atoms with E-state index in [2.05, 4.69) is 22.8 Å². The van der Waals surface area contributed by atoms with Gasteiger partial charge in [0.2, 0.25) is 5.91 Å². The summed E-state index contributed by atoms with van der Waals surface area (Å²) >= 11 is 14.2. The number of amides is 1. The minimum absolute atomic E-state index is 0.135. The predicted octanol–water partition coefficient (Wildman–Crippen LogP) is 6.49. The van der Waals surface area contributed by atoms with Crippen molar-refractivity contribution in [2.24, 2.45) is 0 Å². The van der Waals surface area contributed by atoms with Gasteiger partial charge in [0.25, 0.3) is 0 Å². The summed E-state index contributed by atoms with van der Waals surface area (Å²) in [6.07, 6.45) is 3.40. The molecule has 220 valence electrons. The Morgan fingerprint density at radius 1 is 0.952 bits per heavy atom. The molecule has 0 bridgehead atoms. The summed E-state index contributed by atoms with van der Waals surface area (Å²) in [4.78, 5) is 11.6. The van der Waals surface area contributed by atoms with Gasteiger partial charge in [0.15, 0.2) is 0 Å². The number of aryl methyl sites for hydroxylation is 1. The van der Waals surface area contributed by atoms with Gasteiger partial charge in [-0.25, -0.2) is 0 Å². The second-order valence-electron chi connectivity index (χ2n) is 12.5. The fourth-order valence-electron chi connectivity index (χ4n) is 6.25. The zero-order valence-electron chi connectivity index (χ0n) is 24.8. The third-order valence-corrected chi connectivity index (χ3v) is 10.2. The van der Waals surface area contributed by atoms with E-state index in [0.29, 0.717) is 16.5 Å². The Hall–Kier alpha value is -2.55. The number of ether oxygens (including phenoxy) is 1. The van der Waals surface area contributed by atoms with Crippen molar-refractivity contribution in [2.75, 3.05) is 13.7 Å². The normalized spacial score (nSPS) is 22.4. The zero-order valence-corrected chi connectivity index (χ0v) is 26.3. The van der Waals surface area contributed by atoms with Crippen LogP contribution < -0.4 is 20.8 Å². The number of hydrogen-bond acceptors (Lipinski definition) is 5. The molecule has 1 amide bonds. The first-order valence-electron chi connectivity index (χ1n) is 14.7. The van der Waals surface area contributed by atoms with Crippen LogP contribution >= 0.6 is 23.2 Å². The van der Waals surface area contributed by atoms with Gasteiger partial charge in [0.05, 0.1) is 23.3 Å². The van der Waals surface area contributed by atoms with Crippen LogP contribution in [-0.2, 0) is 20.5 Å². The maximum absolute atomic E-state index is 11.6. The van der Waals surface area contributed by atoms with Gasteiger partial charge in [0.1, 0.15) is 5.75 Å². The maximum atomic E-state index is 11.6. The predicted molar refractivity (Wildman–Crippen MR) is 170 cm³/mol. The molecule has 2 fully saturated rings. The highest BCUT2D eigenvalue weighted by Gasteiger charge is 2.52. The number of nitrogens with one attached hydrogen (secondary N) is 2. The molecule has 3 aromatic rings. The number of rotatable bonds is 7.